The molecule has 0 fully saturated rings. The van der Waals surface area contributed by atoms with Crippen LogP contribution in [0.2, 0.25) is 0 Å². The van der Waals surface area contributed by atoms with Gasteiger partial charge in [-0.2, -0.15) is 0 Å². The maximum absolute atomic E-state index is 12.2. The number of unbranched alkanes of at least 4 members (excludes halogenated alkanes) is 15. The molecule has 1 aromatic carbocycles. The lowest BCUT2D eigenvalue weighted by atomic mass is 10.0. The molecule has 0 saturated heterocycles. The number of hydrogen-bond acceptors (Lipinski definition) is 3. The molecule has 0 bridgehead atoms. The maximum Gasteiger partial charge on any atom is 0.163 e. The predicted molar refractivity (Wildman–Crippen MR) is 123 cm³/mol. The van der Waals surface area contributed by atoms with E-state index in [1.54, 1.807) is 6.92 Å². The van der Waals surface area contributed by atoms with Crippen molar-refractivity contribution in [2.24, 2.45) is 0 Å². The molecule has 0 unspecified atom stereocenters. The van der Waals surface area contributed by atoms with Gasteiger partial charge in [-0.3, -0.25) is 4.79 Å². The van der Waals surface area contributed by atoms with E-state index in [2.05, 4.69) is 6.92 Å². The highest BCUT2D eigenvalue weighted by molar-refractivity contribution is 5.97. The molecule has 3 nitrogen and oxygen atoms in total. The molecule has 0 heterocycles. The third-order valence-corrected chi connectivity index (χ3v) is 5.93. The van der Waals surface area contributed by atoms with Crippen LogP contribution in [0, 0.1) is 6.92 Å². The van der Waals surface area contributed by atoms with Gasteiger partial charge in [0.25, 0.3) is 0 Å². The van der Waals surface area contributed by atoms with Gasteiger partial charge in [0.1, 0.15) is 11.5 Å². The van der Waals surface area contributed by atoms with Crippen LogP contribution >= 0.6 is 0 Å². The Hall–Kier alpha value is -1.51. The van der Waals surface area contributed by atoms with Crippen LogP contribution in [0.25, 0.3) is 0 Å². The Morgan fingerprint density at radius 3 is 1.38 bits per heavy atom. The SMILES string of the molecule is CCCCCCCCCCCCCCCCCCC(=O)c1cc(O)c(C)c(O)c1. The summed E-state index contributed by atoms with van der Waals surface area (Å²) in [5, 5.41) is 19.5. The van der Waals surface area contributed by atoms with Crippen molar-refractivity contribution in [3.63, 3.8) is 0 Å². The molecular weight excluding hydrogens is 360 g/mol. The summed E-state index contributed by atoms with van der Waals surface area (Å²) >= 11 is 0. The first-order valence-electron chi connectivity index (χ1n) is 12.1. The van der Waals surface area contributed by atoms with Crippen molar-refractivity contribution in [1.29, 1.82) is 0 Å². The summed E-state index contributed by atoms with van der Waals surface area (Å²) < 4.78 is 0. The van der Waals surface area contributed by atoms with E-state index in [4.69, 9.17) is 0 Å². The Kier molecular flexibility index (Phi) is 14.4. The van der Waals surface area contributed by atoms with Gasteiger partial charge in [0.05, 0.1) is 0 Å². The number of carbonyl (C=O) groups is 1. The minimum atomic E-state index is -0.0136. The van der Waals surface area contributed by atoms with Gasteiger partial charge in [-0.05, 0) is 25.5 Å². The smallest absolute Gasteiger partial charge is 0.163 e. The number of rotatable bonds is 18. The Bertz CT molecular complexity index is 542. The zero-order valence-electron chi connectivity index (χ0n) is 19.0. The predicted octanol–water partition coefficient (Wildman–Crippen LogP) is 8.24. The van der Waals surface area contributed by atoms with E-state index in [1.807, 2.05) is 0 Å². The number of carbonyl (C=O) groups excluding carboxylic acids is 1. The highest BCUT2D eigenvalue weighted by atomic mass is 16.3. The first kappa shape index (κ1) is 25.5. The van der Waals surface area contributed by atoms with Crippen molar-refractivity contribution >= 4 is 5.78 Å². The van der Waals surface area contributed by atoms with E-state index in [0.717, 1.165) is 12.8 Å². The van der Waals surface area contributed by atoms with Gasteiger partial charge in [0.2, 0.25) is 0 Å². The molecule has 3 heteroatoms. The van der Waals surface area contributed by atoms with Crippen molar-refractivity contribution in [1.82, 2.24) is 0 Å². The fourth-order valence-corrected chi connectivity index (χ4v) is 3.82. The molecule has 1 rings (SSSR count). The van der Waals surface area contributed by atoms with Gasteiger partial charge in [0.15, 0.2) is 5.78 Å². The van der Waals surface area contributed by atoms with Crippen LogP contribution in [0.15, 0.2) is 12.1 Å². The molecule has 2 N–H and O–H groups in total. The summed E-state index contributed by atoms with van der Waals surface area (Å²) in [6.45, 7) is 3.91. The van der Waals surface area contributed by atoms with Crippen LogP contribution < -0.4 is 0 Å². The lowest BCUT2D eigenvalue weighted by Crippen LogP contribution is -1.99. The zero-order valence-corrected chi connectivity index (χ0v) is 19.0. The molecule has 29 heavy (non-hydrogen) atoms. The molecular formula is C26H44O3. The second-order valence-corrected chi connectivity index (χ2v) is 8.62. The van der Waals surface area contributed by atoms with E-state index in [0.29, 0.717) is 17.5 Å². The molecule has 166 valence electrons. The van der Waals surface area contributed by atoms with Crippen LogP contribution in [0.1, 0.15) is 132 Å². The second kappa shape index (κ2) is 16.3. The third kappa shape index (κ3) is 11.9. The zero-order chi connectivity index (χ0) is 21.3. The van der Waals surface area contributed by atoms with Gasteiger partial charge < -0.3 is 10.2 Å². The van der Waals surface area contributed by atoms with Gasteiger partial charge >= 0.3 is 0 Å². The van der Waals surface area contributed by atoms with Crippen LogP contribution in [0.3, 0.4) is 0 Å². The quantitative estimate of drug-likeness (QED) is 0.191. The standard InChI is InChI=1S/C26H44O3/c1-3-4-5-6-7-8-9-10-11-12-13-14-15-16-17-18-19-24(27)23-20-25(28)22(2)26(29)21-23/h20-21,28-29H,3-19H2,1-2H3. The molecule has 0 spiro atoms. The fraction of sp³-hybridized carbons (Fsp3) is 0.731. The number of aromatic hydroxyl groups is 2. The third-order valence-electron chi connectivity index (χ3n) is 5.93. The van der Waals surface area contributed by atoms with Crippen molar-refractivity contribution in [2.75, 3.05) is 0 Å². The number of Topliss-reactive ketones (excluding diaryl/α,β-unsaturated/α-hetero) is 1. The van der Waals surface area contributed by atoms with Crippen LogP contribution in [-0.4, -0.2) is 16.0 Å². The summed E-state index contributed by atoms with van der Waals surface area (Å²) in [4.78, 5) is 12.2. The minimum Gasteiger partial charge on any atom is -0.508 e. The largest absolute Gasteiger partial charge is 0.508 e. The molecule has 0 aromatic heterocycles. The summed E-state index contributed by atoms with van der Waals surface area (Å²) in [6, 6.07) is 2.92. The lowest BCUT2D eigenvalue weighted by Gasteiger charge is -2.06. The number of ketones is 1. The van der Waals surface area contributed by atoms with Gasteiger partial charge in [0, 0.05) is 17.5 Å². The van der Waals surface area contributed by atoms with Gasteiger partial charge in [-0.25, -0.2) is 0 Å². The normalized spacial score (nSPS) is 11.1. The summed E-state index contributed by atoms with van der Waals surface area (Å²) in [5.74, 6) is -0.0263. The van der Waals surface area contributed by atoms with E-state index >= 15 is 0 Å². The molecule has 0 aliphatic rings. The fourth-order valence-electron chi connectivity index (χ4n) is 3.82. The second-order valence-electron chi connectivity index (χ2n) is 8.62. The number of phenolic OH excluding ortho intramolecular Hbond substituents is 2. The Labute approximate surface area is 178 Å². The summed E-state index contributed by atoms with van der Waals surface area (Å²) in [5.41, 5.74) is 0.829. The Morgan fingerprint density at radius 2 is 1.00 bits per heavy atom. The molecule has 0 saturated carbocycles. The van der Waals surface area contributed by atoms with Crippen molar-refractivity contribution in [2.45, 2.75) is 123 Å². The molecule has 0 amide bonds. The monoisotopic (exact) mass is 404 g/mol. The first-order valence-corrected chi connectivity index (χ1v) is 12.1. The first-order chi connectivity index (χ1) is 14.1. The highest BCUT2D eigenvalue weighted by Crippen LogP contribution is 2.28. The summed E-state index contributed by atoms with van der Waals surface area (Å²) in [6.07, 6.45) is 21.6. The molecule has 0 aliphatic heterocycles. The van der Waals surface area contributed by atoms with Crippen LogP contribution in [0.4, 0.5) is 0 Å². The molecule has 0 radical (unpaired) electrons. The average Bonchev–Trinajstić information content (AvgIpc) is 2.71. The van der Waals surface area contributed by atoms with Gasteiger partial charge in [-0.15, -0.1) is 0 Å². The Morgan fingerprint density at radius 1 is 0.655 bits per heavy atom. The van der Waals surface area contributed by atoms with Crippen LogP contribution in [-0.2, 0) is 0 Å². The van der Waals surface area contributed by atoms with E-state index < -0.39 is 0 Å². The lowest BCUT2D eigenvalue weighted by molar-refractivity contribution is 0.0978. The summed E-state index contributed by atoms with van der Waals surface area (Å²) in [7, 11) is 0. The average molecular weight is 405 g/mol. The Balaban J connectivity index is 1.91. The van der Waals surface area contributed by atoms with Crippen molar-refractivity contribution in [3.05, 3.63) is 23.3 Å². The van der Waals surface area contributed by atoms with E-state index in [1.165, 1.54) is 102 Å². The maximum atomic E-state index is 12.2. The van der Waals surface area contributed by atoms with Gasteiger partial charge in [-0.1, -0.05) is 103 Å². The number of phenols is 2. The topological polar surface area (TPSA) is 57.5 Å². The number of benzene rings is 1. The van der Waals surface area contributed by atoms with E-state index in [-0.39, 0.29) is 17.3 Å². The van der Waals surface area contributed by atoms with Crippen molar-refractivity contribution in [3.8, 4) is 11.5 Å². The minimum absolute atomic E-state index is 0.000892. The highest BCUT2D eigenvalue weighted by Gasteiger charge is 2.11. The number of hydrogen-bond donors (Lipinski definition) is 2. The molecule has 0 aliphatic carbocycles. The van der Waals surface area contributed by atoms with Crippen LogP contribution in [0.5, 0.6) is 11.5 Å². The molecule has 1 aromatic rings. The molecule has 0 atom stereocenters. The van der Waals surface area contributed by atoms with Crippen molar-refractivity contribution < 1.29 is 15.0 Å². The van der Waals surface area contributed by atoms with E-state index in [9.17, 15) is 15.0 Å².